The fraction of sp³-hybridized carbons (Fsp3) is 0.200. The first-order valence-corrected chi connectivity index (χ1v) is 6.21. The van der Waals surface area contributed by atoms with Crippen molar-refractivity contribution in [2.75, 3.05) is 0 Å². The van der Waals surface area contributed by atoms with Gasteiger partial charge in [0.05, 0.1) is 6.42 Å². The molecule has 0 aliphatic carbocycles. The molecule has 0 aliphatic heterocycles. The minimum absolute atomic E-state index is 0.150. The van der Waals surface area contributed by atoms with Gasteiger partial charge in [0, 0.05) is 12.4 Å². The molecule has 0 amide bonds. The maximum Gasteiger partial charge on any atom is 0.327 e. The van der Waals surface area contributed by atoms with E-state index in [2.05, 4.69) is 0 Å². The number of aliphatic carboxylic acids is 1. The molecule has 2 rings (SSSR count). The molecule has 5 heteroatoms. The van der Waals surface area contributed by atoms with Crippen LogP contribution >= 0.6 is 0 Å². The summed E-state index contributed by atoms with van der Waals surface area (Å²) in [5, 5.41) is 9.15. The summed E-state index contributed by atoms with van der Waals surface area (Å²) in [7, 11) is 0. The van der Waals surface area contributed by atoms with Gasteiger partial charge >= 0.3 is 11.9 Å². The number of ether oxygens (including phenoxy) is 1. The predicted molar refractivity (Wildman–Crippen MR) is 72.0 cm³/mol. The third-order valence-electron chi connectivity index (χ3n) is 2.88. The van der Waals surface area contributed by atoms with E-state index in [-0.39, 0.29) is 13.0 Å². The standard InChI is InChI=1S/C15H15NO4/c17-14(20-11-12-6-2-1-3-7-12)10-13(15(18)19)16-8-4-5-9-16/h1-9,13H,10-11H2,(H,18,19)/t13-/m1/s1. The first kappa shape index (κ1) is 13.9. The molecule has 1 heterocycles. The Morgan fingerprint density at radius 1 is 1.10 bits per heavy atom. The SMILES string of the molecule is O=C(C[C@H](C(=O)O)n1cccc1)OCc1ccccc1. The zero-order chi connectivity index (χ0) is 14.4. The topological polar surface area (TPSA) is 68.5 Å². The summed E-state index contributed by atoms with van der Waals surface area (Å²) < 4.78 is 6.57. The molecule has 104 valence electrons. The number of hydrogen-bond donors (Lipinski definition) is 1. The number of benzene rings is 1. The van der Waals surface area contributed by atoms with Gasteiger partial charge in [0.25, 0.3) is 0 Å². The molecule has 1 aromatic heterocycles. The van der Waals surface area contributed by atoms with E-state index >= 15 is 0 Å². The quantitative estimate of drug-likeness (QED) is 0.820. The smallest absolute Gasteiger partial charge is 0.327 e. The summed E-state index contributed by atoms with van der Waals surface area (Å²) in [4.78, 5) is 22.9. The molecule has 0 saturated carbocycles. The fourth-order valence-corrected chi connectivity index (χ4v) is 1.83. The van der Waals surface area contributed by atoms with Crippen molar-refractivity contribution in [2.45, 2.75) is 19.1 Å². The monoisotopic (exact) mass is 273 g/mol. The van der Waals surface area contributed by atoms with Crippen LogP contribution in [0.15, 0.2) is 54.9 Å². The van der Waals surface area contributed by atoms with Crippen molar-refractivity contribution in [3.63, 3.8) is 0 Å². The predicted octanol–water partition coefficient (Wildman–Crippen LogP) is 2.25. The number of esters is 1. The van der Waals surface area contributed by atoms with Gasteiger partial charge in [-0.3, -0.25) is 4.79 Å². The number of rotatable bonds is 6. The number of carbonyl (C=O) groups is 2. The Morgan fingerprint density at radius 2 is 1.75 bits per heavy atom. The first-order valence-electron chi connectivity index (χ1n) is 6.21. The van der Waals surface area contributed by atoms with Gasteiger partial charge in [-0.1, -0.05) is 30.3 Å². The molecule has 0 bridgehead atoms. The van der Waals surface area contributed by atoms with E-state index in [1.165, 1.54) is 4.57 Å². The van der Waals surface area contributed by atoms with Crippen molar-refractivity contribution >= 4 is 11.9 Å². The van der Waals surface area contributed by atoms with Crippen LogP contribution in [0.1, 0.15) is 18.0 Å². The van der Waals surface area contributed by atoms with Crippen LogP contribution in [-0.4, -0.2) is 21.6 Å². The molecule has 0 aliphatic rings. The summed E-state index contributed by atoms with van der Waals surface area (Å²) >= 11 is 0. The Bertz CT molecular complexity index is 563. The molecular formula is C15H15NO4. The van der Waals surface area contributed by atoms with Gasteiger partial charge in [-0.05, 0) is 17.7 Å². The van der Waals surface area contributed by atoms with Crippen LogP contribution in [0.4, 0.5) is 0 Å². The Balaban J connectivity index is 1.91. The Hall–Kier alpha value is -2.56. The van der Waals surface area contributed by atoms with E-state index in [1.807, 2.05) is 30.3 Å². The molecule has 2 aromatic rings. The largest absolute Gasteiger partial charge is 0.480 e. The van der Waals surface area contributed by atoms with E-state index in [1.54, 1.807) is 24.5 Å². The maximum atomic E-state index is 11.7. The zero-order valence-electron chi connectivity index (χ0n) is 10.8. The van der Waals surface area contributed by atoms with Crippen molar-refractivity contribution in [3.8, 4) is 0 Å². The van der Waals surface area contributed by atoms with Crippen LogP contribution in [0.2, 0.25) is 0 Å². The number of nitrogens with zero attached hydrogens (tertiary/aromatic N) is 1. The van der Waals surface area contributed by atoms with Crippen molar-refractivity contribution in [1.29, 1.82) is 0 Å². The summed E-state index contributed by atoms with van der Waals surface area (Å²) in [6.45, 7) is 0.150. The summed E-state index contributed by atoms with van der Waals surface area (Å²) in [5.41, 5.74) is 0.869. The second-order valence-electron chi connectivity index (χ2n) is 4.33. The Labute approximate surface area is 116 Å². The van der Waals surface area contributed by atoms with Gasteiger partial charge < -0.3 is 14.4 Å². The van der Waals surface area contributed by atoms with Gasteiger partial charge in [-0.15, -0.1) is 0 Å². The zero-order valence-corrected chi connectivity index (χ0v) is 10.8. The van der Waals surface area contributed by atoms with Gasteiger partial charge in [0.2, 0.25) is 0 Å². The molecule has 5 nitrogen and oxygen atoms in total. The maximum absolute atomic E-state index is 11.7. The second-order valence-corrected chi connectivity index (χ2v) is 4.33. The van der Waals surface area contributed by atoms with Gasteiger partial charge in [0.15, 0.2) is 0 Å². The molecule has 1 atom stereocenters. The third-order valence-corrected chi connectivity index (χ3v) is 2.88. The number of carboxylic acid groups (broad SMARTS) is 1. The van der Waals surface area contributed by atoms with Crippen LogP contribution < -0.4 is 0 Å². The molecule has 20 heavy (non-hydrogen) atoms. The first-order chi connectivity index (χ1) is 9.66. The number of carbonyl (C=O) groups excluding carboxylic acids is 1. The lowest BCUT2D eigenvalue weighted by Crippen LogP contribution is -2.22. The average molecular weight is 273 g/mol. The van der Waals surface area contributed by atoms with Gasteiger partial charge in [-0.25, -0.2) is 4.79 Å². The summed E-state index contributed by atoms with van der Waals surface area (Å²) in [6, 6.07) is 11.7. The van der Waals surface area contributed by atoms with Crippen LogP contribution in [0.3, 0.4) is 0 Å². The highest BCUT2D eigenvalue weighted by Crippen LogP contribution is 2.14. The van der Waals surface area contributed by atoms with Crippen LogP contribution in [0.5, 0.6) is 0 Å². The molecule has 1 aromatic carbocycles. The lowest BCUT2D eigenvalue weighted by atomic mass is 10.2. The molecule has 0 unspecified atom stereocenters. The minimum Gasteiger partial charge on any atom is -0.480 e. The molecule has 1 N–H and O–H groups in total. The van der Waals surface area contributed by atoms with Crippen LogP contribution in [0.25, 0.3) is 0 Å². The van der Waals surface area contributed by atoms with Crippen LogP contribution in [0, 0.1) is 0 Å². The van der Waals surface area contributed by atoms with Crippen molar-refractivity contribution in [1.82, 2.24) is 4.57 Å². The van der Waals surface area contributed by atoms with Crippen molar-refractivity contribution in [2.24, 2.45) is 0 Å². The summed E-state index contributed by atoms with van der Waals surface area (Å²) in [6.07, 6.45) is 3.03. The highest BCUT2D eigenvalue weighted by Gasteiger charge is 2.23. The number of carboxylic acids is 1. The summed E-state index contributed by atoms with van der Waals surface area (Å²) in [5.74, 6) is -1.59. The number of aromatic nitrogens is 1. The van der Waals surface area contributed by atoms with E-state index in [0.29, 0.717) is 0 Å². The van der Waals surface area contributed by atoms with Crippen LogP contribution in [-0.2, 0) is 20.9 Å². The van der Waals surface area contributed by atoms with E-state index in [0.717, 1.165) is 5.56 Å². The normalized spacial score (nSPS) is 11.8. The highest BCUT2D eigenvalue weighted by molar-refractivity contribution is 5.80. The average Bonchev–Trinajstić information content (AvgIpc) is 2.97. The molecule has 0 spiro atoms. The lowest BCUT2D eigenvalue weighted by molar-refractivity contribution is -0.151. The highest BCUT2D eigenvalue weighted by atomic mass is 16.5. The van der Waals surface area contributed by atoms with E-state index in [4.69, 9.17) is 9.84 Å². The molecule has 0 saturated heterocycles. The lowest BCUT2D eigenvalue weighted by Gasteiger charge is -2.13. The van der Waals surface area contributed by atoms with Gasteiger partial charge in [-0.2, -0.15) is 0 Å². The van der Waals surface area contributed by atoms with Crippen molar-refractivity contribution < 1.29 is 19.4 Å². The fourth-order valence-electron chi connectivity index (χ4n) is 1.83. The molecular weight excluding hydrogens is 258 g/mol. The van der Waals surface area contributed by atoms with E-state index in [9.17, 15) is 9.59 Å². The molecule has 0 fully saturated rings. The minimum atomic E-state index is -1.06. The van der Waals surface area contributed by atoms with Gasteiger partial charge in [0.1, 0.15) is 12.6 Å². The van der Waals surface area contributed by atoms with E-state index < -0.39 is 18.0 Å². The third kappa shape index (κ3) is 3.71. The molecule has 0 radical (unpaired) electrons. The number of hydrogen-bond acceptors (Lipinski definition) is 3. The Morgan fingerprint density at radius 3 is 2.35 bits per heavy atom. The Kier molecular flexibility index (Phi) is 4.55. The van der Waals surface area contributed by atoms with Crippen molar-refractivity contribution in [3.05, 3.63) is 60.4 Å². The second kappa shape index (κ2) is 6.56.